The summed E-state index contributed by atoms with van der Waals surface area (Å²) in [4.78, 5) is 5.70. The van der Waals surface area contributed by atoms with Crippen LogP contribution in [0.2, 0.25) is 0 Å². The van der Waals surface area contributed by atoms with Crippen LogP contribution in [0.25, 0.3) is 0 Å². The van der Waals surface area contributed by atoms with Gasteiger partial charge in [0.25, 0.3) is 0 Å². The zero-order valence-electron chi connectivity index (χ0n) is 10.6. The van der Waals surface area contributed by atoms with Crippen LogP contribution in [0.3, 0.4) is 0 Å². The van der Waals surface area contributed by atoms with Gasteiger partial charge in [-0.2, -0.15) is 13.2 Å². The summed E-state index contributed by atoms with van der Waals surface area (Å²) in [6.07, 6.45) is -3.51. The fourth-order valence-corrected chi connectivity index (χ4v) is 3.20. The molecule has 1 N–H and O–H groups in total. The summed E-state index contributed by atoms with van der Waals surface area (Å²) in [5.41, 5.74) is -0.746. The van der Waals surface area contributed by atoms with E-state index in [1.807, 2.05) is 12.1 Å². The minimum absolute atomic E-state index is 0.183. The number of pyridine rings is 1. The predicted molar refractivity (Wildman–Crippen MR) is 77.1 cm³/mol. The standard InChI is InChI=1S/C14H10F3NOS2/c15-14(16,17)10-3-6-13(18-8-10)20-9-12-5-4-11(21-12)2-1-7-19/h3-6,8,19H,7,9H2. The lowest BCUT2D eigenvalue weighted by molar-refractivity contribution is -0.137. The highest BCUT2D eigenvalue weighted by atomic mass is 32.2. The minimum atomic E-state index is -4.36. The number of aliphatic hydroxyl groups is 1. The highest BCUT2D eigenvalue weighted by Gasteiger charge is 2.30. The summed E-state index contributed by atoms with van der Waals surface area (Å²) in [7, 11) is 0. The van der Waals surface area contributed by atoms with Gasteiger partial charge in [-0.15, -0.1) is 23.1 Å². The highest BCUT2D eigenvalue weighted by Crippen LogP contribution is 2.30. The molecule has 0 bridgehead atoms. The molecule has 0 radical (unpaired) electrons. The van der Waals surface area contributed by atoms with E-state index in [0.717, 1.165) is 22.0 Å². The Kier molecular flexibility index (Phi) is 5.28. The molecule has 7 heteroatoms. The Hall–Kier alpha value is -1.49. The summed E-state index contributed by atoms with van der Waals surface area (Å²) in [6, 6.07) is 6.15. The van der Waals surface area contributed by atoms with Crippen molar-refractivity contribution in [3.63, 3.8) is 0 Å². The van der Waals surface area contributed by atoms with E-state index in [-0.39, 0.29) is 6.61 Å². The van der Waals surface area contributed by atoms with Crippen molar-refractivity contribution in [1.82, 2.24) is 4.98 Å². The summed E-state index contributed by atoms with van der Waals surface area (Å²) >= 11 is 2.85. The van der Waals surface area contributed by atoms with E-state index in [0.29, 0.717) is 10.8 Å². The monoisotopic (exact) mass is 329 g/mol. The van der Waals surface area contributed by atoms with Crippen LogP contribution in [0.1, 0.15) is 15.3 Å². The lowest BCUT2D eigenvalue weighted by Gasteiger charge is -2.06. The zero-order chi connectivity index (χ0) is 15.3. The molecule has 0 amide bonds. The van der Waals surface area contributed by atoms with Gasteiger partial charge >= 0.3 is 6.18 Å². The number of hydrogen-bond acceptors (Lipinski definition) is 4. The second-order valence-corrected chi connectivity index (χ2v) is 6.06. The smallest absolute Gasteiger partial charge is 0.384 e. The van der Waals surface area contributed by atoms with E-state index in [2.05, 4.69) is 16.8 Å². The number of halogens is 3. The molecule has 0 spiro atoms. The maximum Gasteiger partial charge on any atom is 0.417 e. The molecule has 0 aliphatic rings. The minimum Gasteiger partial charge on any atom is -0.384 e. The van der Waals surface area contributed by atoms with E-state index in [1.54, 1.807) is 0 Å². The third-order valence-corrected chi connectivity index (χ3v) is 4.55. The fourth-order valence-electron chi connectivity index (χ4n) is 1.43. The van der Waals surface area contributed by atoms with Crippen molar-refractivity contribution >= 4 is 23.1 Å². The van der Waals surface area contributed by atoms with E-state index >= 15 is 0 Å². The average molecular weight is 329 g/mol. The first-order valence-electron chi connectivity index (χ1n) is 5.83. The number of hydrogen-bond donors (Lipinski definition) is 1. The van der Waals surface area contributed by atoms with Crippen molar-refractivity contribution in [2.24, 2.45) is 0 Å². The van der Waals surface area contributed by atoms with Gasteiger partial charge in [0.05, 0.1) is 15.5 Å². The topological polar surface area (TPSA) is 33.1 Å². The van der Waals surface area contributed by atoms with Crippen molar-refractivity contribution in [3.8, 4) is 11.8 Å². The number of aliphatic hydroxyl groups excluding tert-OH is 1. The first-order chi connectivity index (χ1) is 9.99. The Morgan fingerprint density at radius 1 is 1.24 bits per heavy atom. The summed E-state index contributed by atoms with van der Waals surface area (Å²) in [6.45, 7) is -0.183. The molecule has 2 nitrogen and oxygen atoms in total. The Morgan fingerprint density at radius 3 is 2.67 bits per heavy atom. The first-order valence-corrected chi connectivity index (χ1v) is 7.64. The van der Waals surface area contributed by atoms with Crippen molar-refractivity contribution in [2.75, 3.05) is 6.61 Å². The van der Waals surface area contributed by atoms with Gasteiger partial charge in [-0.1, -0.05) is 11.8 Å². The summed E-state index contributed by atoms with van der Waals surface area (Å²) in [5, 5.41) is 9.15. The lowest BCUT2D eigenvalue weighted by Crippen LogP contribution is -2.05. The Labute approximate surface area is 128 Å². The lowest BCUT2D eigenvalue weighted by atomic mass is 10.3. The molecule has 0 fully saturated rings. The van der Waals surface area contributed by atoms with Crippen LogP contribution in [0.15, 0.2) is 35.5 Å². The molecule has 110 valence electrons. The van der Waals surface area contributed by atoms with Crippen molar-refractivity contribution in [3.05, 3.63) is 45.8 Å². The highest BCUT2D eigenvalue weighted by molar-refractivity contribution is 7.98. The van der Waals surface area contributed by atoms with Gasteiger partial charge in [0.2, 0.25) is 0 Å². The van der Waals surface area contributed by atoms with E-state index < -0.39 is 11.7 Å². The Bertz CT molecular complexity index is 653. The normalized spacial score (nSPS) is 11.0. The number of aromatic nitrogens is 1. The molecule has 0 unspecified atom stereocenters. The quantitative estimate of drug-likeness (QED) is 0.687. The molecule has 0 saturated carbocycles. The third kappa shape index (κ3) is 4.77. The van der Waals surface area contributed by atoms with Crippen molar-refractivity contribution in [1.29, 1.82) is 0 Å². The van der Waals surface area contributed by atoms with Crippen LogP contribution in [0.5, 0.6) is 0 Å². The number of rotatable bonds is 3. The molecule has 2 heterocycles. The SMILES string of the molecule is OCC#Cc1ccc(CSc2ccc(C(F)(F)F)cn2)s1. The van der Waals surface area contributed by atoms with Gasteiger partial charge in [0.1, 0.15) is 6.61 Å². The Balaban J connectivity index is 1.95. The first kappa shape index (κ1) is 15.9. The van der Waals surface area contributed by atoms with Gasteiger partial charge in [-0.05, 0) is 24.3 Å². The van der Waals surface area contributed by atoms with Crippen LogP contribution in [0, 0.1) is 11.8 Å². The largest absolute Gasteiger partial charge is 0.417 e. The molecule has 21 heavy (non-hydrogen) atoms. The van der Waals surface area contributed by atoms with E-state index in [1.165, 1.54) is 29.2 Å². The molecule has 0 aromatic carbocycles. The number of alkyl halides is 3. The van der Waals surface area contributed by atoms with Crippen LogP contribution >= 0.6 is 23.1 Å². The van der Waals surface area contributed by atoms with Crippen LogP contribution in [0.4, 0.5) is 13.2 Å². The molecule has 0 aliphatic carbocycles. The van der Waals surface area contributed by atoms with Crippen LogP contribution in [-0.4, -0.2) is 16.7 Å². The zero-order valence-corrected chi connectivity index (χ0v) is 12.3. The van der Waals surface area contributed by atoms with Gasteiger partial charge < -0.3 is 5.11 Å². The molecule has 2 aromatic rings. The molecular weight excluding hydrogens is 319 g/mol. The third-order valence-electron chi connectivity index (χ3n) is 2.38. The predicted octanol–water partition coefficient (Wildman–Crippen LogP) is 3.80. The summed E-state index contributed by atoms with van der Waals surface area (Å²) in [5.74, 6) is 5.98. The molecule has 0 aliphatic heterocycles. The molecule has 0 saturated heterocycles. The van der Waals surface area contributed by atoms with Gasteiger partial charge in [-0.25, -0.2) is 4.98 Å². The van der Waals surface area contributed by atoms with Crippen LogP contribution in [-0.2, 0) is 11.9 Å². The number of nitrogens with zero attached hydrogens (tertiary/aromatic N) is 1. The van der Waals surface area contributed by atoms with Crippen molar-refractivity contribution in [2.45, 2.75) is 17.0 Å². The second-order valence-electron chi connectivity index (χ2n) is 3.90. The van der Waals surface area contributed by atoms with Crippen LogP contribution < -0.4 is 0 Å². The maximum atomic E-state index is 12.4. The maximum absolute atomic E-state index is 12.4. The molecule has 2 rings (SSSR count). The second kappa shape index (κ2) is 6.98. The molecule has 0 atom stereocenters. The fraction of sp³-hybridized carbons (Fsp3) is 0.214. The van der Waals surface area contributed by atoms with Gasteiger partial charge in [0.15, 0.2) is 0 Å². The van der Waals surface area contributed by atoms with Gasteiger partial charge in [-0.3, -0.25) is 0 Å². The summed E-state index contributed by atoms with van der Waals surface area (Å²) < 4.78 is 37.2. The van der Waals surface area contributed by atoms with E-state index in [9.17, 15) is 13.2 Å². The Morgan fingerprint density at radius 2 is 2.05 bits per heavy atom. The van der Waals surface area contributed by atoms with Crippen molar-refractivity contribution < 1.29 is 18.3 Å². The molecular formula is C14H10F3NOS2. The van der Waals surface area contributed by atoms with E-state index in [4.69, 9.17) is 5.11 Å². The molecule has 2 aromatic heterocycles. The number of thioether (sulfide) groups is 1. The average Bonchev–Trinajstić information content (AvgIpc) is 2.90. The number of thiophene rings is 1. The van der Waals surface area contributed by atoms with Gasteiger partial charge in [0, 0.05) is 16.8 Å².